The number of rotatable bonds is 6. The summed E-state index contributed by atoms with van der Waals surface area (Å²) in [5.41, 5.74) is 1.63. The number of thiophene rings is 1. The van der Waals surface area contributed by atoms with Crippen LogP contribution in [0.4, 0.5) is 0 Å². The third-order valence-corrected chi connectivity index (χ3v) is 5.63. The number of esters is 1. The van der Waals surface area contributed by atoms with Gasteiger partial charge in [-0.25, -0.2) is 0 Å². The number of benzene rings is 1. The molecule has 0 bridgehead atoms. The highest BCUT2D eigenvalue weighted by molar-refractivity contribution is 7.11. The van der Waals surface area contributed by atoms with Crippen LogP contribution in [0.25, 0.3) is 5.57 Å². The molecule has 2 aromatic rings. The Kier molecular flexibility index (Phi) is 5.96. The van der Waals surface area contributed by atoms with Crippen LogP contribution in [-0.2, 0) is 14.3 Å². The van der Waals surface area contributed by atoms with Gasteiger partial charge in [0.05, 0.1) is 20.8 Å². The number of ether oxygens (including phenoxy) is 3. The van der Waals surface area contributed by atoms with E-state index in [0.717, 1.165) is 16.0 Å². The molecule has 2 atom stereocenters. The Morgan fingerprint density at radius 3 is 2.41 bits per heavy atom. The maximum absolute atomic E-state index is 12.9. The Bertz CT molecular complexity index is 831. The fraction of sp³-hybridized carbons (Fsp3) is 0.333. The molecule has 0 saturated carbocycles. The van der Waals surface area contributed by atoms with Crippen LogP contribution in [-0.4, -0.2) is 32.6 Å². The predicted molar refractivity (Wildman–Crippen MR) is 104 cm³/mol. The number of carbonyl (C=O) groups excluding carboxylic acids is 2. The third kappa shape index (κ3) is 3.76. The zero-order chi connectivity index (χ0) is 19.4. The summed E-state index contributed by atoms with van der Waals surface area (Å²) >= 11 is 1.57. The van der Waals surface area contributed by atoms with Crippen molar-refractivity contribution in [3.8, 4) is 11.5 Å². The predicted octanol–water partition coefficient (Wildman–Crippen LogP) is 4.08. The number of hydrogen-bond donors (Lipinski definition) is 0. The van der Waals surface area contributed by atoms with Crippen LogP contribution >= 0.6 is 11.3 Å². The van der Waals surface area contributed by atoms with Crippen molar-refractivity contribution in [1.82, 2.24) is 0 Å². The minimum atomic E-state index is -0.918. The smallest absolute Gasteiger partial charge is 0.317 e. The molecule has 0 saturated heterocycles. The first-order valence-corrected chi connectivity index (χ1v) is 9.64. The summed E-state index contributed by atoms with van der Waals surface area (Å²) in [5.74, 6) is -0.922. The molecule has 0 fully saturated rings. The van der Waals surface area contributed by atoms with Crippen molar-refractivity contribution in [2.24, 2.45) is 5.92 Å². The van der Waals surface area contributed by atoms with Crippen LogP contribution in [0.2, 0.25) is 0 Å². The summed E-state index contributed by atoms with van der Waals surface area (Å²) in [6.45, 7) is 1.96. The average Bonchev–Trinajstić information content (AvgIpc) is 3.21. The molecule has 5 nitrogen and oxygen atoms in total. The van der Waals surface area contributed by atoms with Crippen LogP contribution in [0.3, 0.4) is 0 Å². The Morgan fingerprint density at radius 2 is 1.85 bits per heavy atom. The number of hydrogen-bond acceptors (Lipinski definition) is 6. The van der Waals surface area contributed by atoms with Gasteiger partial charge in [-0.15, -0.1) is 11.3 Å². The van der Waals surface area contributed by atoms with Gasteiger partial charge in [0.2, 0.25) is 0 Å². The van der Waals surface area contributed by atoms with Crippen molar-refractivity contribution in [2.45, 2.75) is 19.3 Å². The molecule has 142 valence electrons. The number of methoxy groups -OCH3 is 2. The van der Waals surface area contributed by atoms with E-state index in [0.29, 0.717) is 17.9 Å². The maximum Gasteiger partial charge on any atom is 0.317 e. The summed E-state index contributed by atoms with van der Waals surface area (Å²) in [5, 5.41) is 1.97. The first-order valence-electron chi connectivity index (χ1n) is 8.76. The topological polar surface area (TPSA) is 61.8 Å². The van der Waals surface area contributed by atoms with E-state index < -0.39 is 17.8 Å². The third-order valence-electron chi connectivity index (χ3n) is 4.68. The molecule has 1 aliphatic rings. The van der Waals surface area contributed by atoms with Crippen LogP contribution in [0, 0.1) is 5.92 Å². The zero-order valence-corrected chi connectivity index (χ0v) is 16.4. The van der Waals surface area contributed by atoms with E-state index in [9.17, 15) is 9.59 Å². The summed E-state index contributed by atoms with van der Waals surface area (Å²) in [4.78, 5) is 26.6. The monoisotopic (exact) mass is 386 g/mol. The Hall–Kier alpha value is -2.60. The molecule has 0 amide bonds. The van der Waals surface area contributed by atoms with Gasteiger partial charge >= 0.3 is 5.97 Å². The Morgan fingerprint density at radius 1 is 1.15 bits per heavy atom. The van der Waals surface area contributed by atoms with Gasteiger partial charge in [-0.2, -0.15) is 0 Å². The van der Waals surface area contributed by atoms with Gasteiger partial charge < -0.3 is 14.2 Å². The zero-order valence-electron chi connectivity index (χ0n) is 15.6. The van der Waals surface area contributed by atoms with Gasteiger partial charge in [-0.05, 0) is 48.6 Å². The maximum atomic E-state index is 12.9. The highest BCUT2D eigenvalue weighted by Gasteiger charge is 2.42. The Balaban J connectivity index is 2.13. The molecule has 0 aliphatic heterocycles. The van der Waals surface area contributed by atoms with E-state index >= 15 is 0 Å². The van der Waals surface area contributed by atoms with E-state index in [2.05, 4.69) is 0 Å². The lowest BCUT2D eigenvalue weighted by atomic mass is 9.74. The van der Waals surface area contributed by atoms with E-state index in [1.165, 1.54) is 0 Å². The molecule has 0 spiro atoms. The number of allylic oxidation sites excluding steroid dienone is 2. The number of carbonyl (C=O) groups is 2. The quantitative estimate of drug-likeness (QED) is 0.553. The molecule has 1 aromatic heterocycles. The molecule has 0 N–H and O–H groups in total. The average molecular weight is 386 g/mol. The van der Waals surface area contributed by atoms with Crippen molar-refractivity contribution < 1.29 is 23.8 Å². The fourth-order valence-electron chi connectivity index (χ4n) is 3.53. The van der Waals surface area contributed by atoms with E-state index in [4.69, 9.17) is 14.2 Å². The molecule has 1 aliphatic carbocycles. The lowest BCUT2D eigenvalue weighted by Gasteiger charge is -2.31. The SMILES string of the molecule is CCOC(=O)[C@H]1C(=O)C=C(c2cccs2)C[C@@H]1c1c(OC)cccc1OC. The van der Waals surface area contributed by atoms with E-state index in [1.807, 2.05) is 35.7 Å². The van der Waals surface area contributed by atoms with Gasteiger partial charge in [-0.1, -0.05) is 12.1 Å². The summed E-state index contributed by atoms with van der Waals surface area (Å²) in [6.07, 6.45) is 2.10. The second-order valence-corrected chi connectivity index (χ2v) is 7.11. The van der Waals surface area contributed by atoms with Crippen molar-refractivity contribution in [3.05, 3.63) is 52.2 Å². The minimum Gasteiger partial charge on any atom is -0.496 e. The first-order chi connectivity index (χ1) is 13.1. The van der Waals surface area contributed by atoms with E-state index in [1.54, 1.807) is 38.6 Å². The first kappa shape index (κ1) is 19.2. The molecule has 1 heterocycles. The summed E-state index contributed by atoms with van der Waals surface area (Å²) < 4.78 is 16.3. The lowest BCUT2D eigenvalue weighted by Crippen LogP contribution is -2.34. The van der Waals surface area contributed by atoms with Crippen molar-refractivity contribution in [3.63, 3.8) is 0 Å². The van der Waals surface area contributed by atoms with Crippen LogP contribution in [0.1, 0.15) is 29.7 Å². The van der Waals surface area contributed by atoms with Gasteiger partial charge in [-0.3, -0.25) is 9.59 Å². The van der Waals surface area contributed by atoms with Crippen molar-refractivity contribution in [2.75, 3.05) is 20.8 Å². The van der Waals surface area contributed by atoms with Crippen LogP contribution < -0.4 is 9.47 Å². The van der Waals surface area contributed by atoms with Crippen LogP contribution in [0.15, 0.2) is 41.8 Å². The van der Waals surface area contributed by atoms with Crippen molar-refractivity contribution >= 4 is 28.7 Å². The van der Waals surface area contributed by atoms with Gasteiger partial charge in [0.15, 0.2) is 5.78 Å². The molecule has 27 heavy (non-hydrogen) atoms. The van der Waals surface area contributed by atoms with Gasteiger partial charge in [0.25, 0.3) is 0 Å². The Labute approximate surface area is 162 Å². The van der Waals surface area contributed by atoms with Gasteiger partial charge in [0, 0.05) is 16.4 Å². The normalized spacial score (nSPS) is 19.4. The van der Waals surface area contributed by atoms with Gasteiger partial charge in [0.1, 0.15) is 17.4 Å². The largest absolute Gasteiger partial charge is 0.496 e. The molecule has 6 heteroatoms. The standard InChI is InChI=1S/C21H22O5S/c1-4-26-21(23)19-14(20-16(24-2)7-5-8-17(20)25-3)11-13(12-15(19)22)18-9-6-10-27-18/h5-10,12,14,19H,4,11H2,1-3H3/t14-,19+/m0/s1. The molecule has 1 aromatic carbocycles. The summed E-state index contributed by atoms with van der Waals surface area (Å²) in [6, 6.07) is 9.37. The van der Waals surface area contributed by atoms with Crippen LogP contribution in [0.5, 0.6) is 11.5 Å². The fourth-order valence-corrected chi connectivity index (χ4v) is 4.29. The molecule has 0 unspecified atom stereocenters. The molecular weight excluding hydrogens is 364 g/mol. The molecular formula is C21H22O5S. The van der Waals surface area contributed by atoms with Crippen molar-refractivity contribution in [1.29, 1.82) is 0 Å². The molecule has 3 rings (SSSR count). The highest BCUT2D eigenvalue weighted by atomic mass is 32.1. The lowest BCUT2D eigenvalue weighted by molar-refractivity contribution is -0.151. The summed E-state index contributed by atoms with van der Waals surface area (Å²) in [7, 11) is 3.14. The second kappa shape index (κ2) is 8.39. The second-order valence-electron chi connectivity index (χ2n) is 6.17. The molecule has 0 radical (unpaired) electrons. The number of ketones is 1. The minimum absolute atomic E-state index is 0.222. The van der Waals surface area contributed by atoms with E-state index in [-0.39, 0.29) is 12.4 Å². The highest BCUT2D eigenvalue weighted by Crippen LogP contribution is 2.47.